The van der Waals surface area contributed by atoms with Crippen LogP contribution in [0.4, 0.5) is 5.69 Å². The van der Waals surface area contributed by atoms with Crippen LogP contribution in [0.5, 0.6) is 0 Å². The summed E-state index contributed by atoms with van der Waals surface area (Å²) in [6.07, 6.45) is 2.52. The Kier molecular flexibility index (Phi) is 3.11. The molecule has 2 aromatic rings. The number of nitrogens with zero attached hydrogens (tertiary/aromatic N) is 3. The van der Waals surface area contributed by atoms with Gasteiger partial charge in [0.25, 0.3) is 15.7 Å². The second kappa shape index (κ2) is 4.47. The average Bonchev–Trinajstić information content (AvgIpc) is 2.76. The van der Waals surface area contributed by atoms with E-state index in [1.165, 1.54) is 24.7 Å². The first-order valence-corrected chi connectivity index (χ1v) is 6.77. The van der Waals surface area contributed by atoms with E-state index in [-0.39, 0.29) is 10.6 Å². The van der Waals surface area contributed by atoms with Crippen LogP contribution in [0, 0.1) is 24.0 Å². The summed E-state index contributed by atoms with van der Waals surface area (Å²) in [5.41, 5.74) is 0.727. The van der Waals surface area contributed by atoms with Crippen molar-refractivity contribution in [2.75, 3.05) is 0 Å². The van der Waals surface area contributed by atoms with E-state index in [4.69, 9.17) is 0 Å². The van der Waals surface area contributed by atoms with Gasteiger partial charge in [0.15, 0.2) is 0 Å². The molecule has 1 aromatic heterocycles. The molecule has 0 aliphatic rings. The predicted octanol–water partition coefficient (Wildman–Crippen LogP) is 1.65. The Morgan fingerprint density at radius 1 is 1.32 bits per heavy atom. The van der Waals surface area contributed by atoms with Gasteiger partial charge in [-0.05, 0) is 19.4 Å². The number of aryl methyl sites for hydroxylation is 2. The van der Waals surface area contributed by atoms with Crippen LogP contribution in [0.25, 0.3) is 0 Å². The van der Waals surface area contributed by atoms with Gasteiger partial charge in [-0.3, -0.25) is 10.1 Å². The maximum absolute atomic E-state index is 12.3. The molecule has 0 aliphatic carbocycles. The van der Waals surface area contributed by atoms with Gasteiger partial charge in [0.1, 0.15) is 6.33 Å². The van der Waals surface area contributed by atoms with Crippen LogP contribution in [0.15, 0.2) is 35.6 Å². The van der Waals surface area contributed by atoms with Gasteiger partial charge < -0.3 is 0 Å². The zero-order valence-electron chi connectivity index (χ0n) is 10.3. The molecule has 19 heavy (non-hydrogen) atoms. The monoisotopic (exact) mass is 281 g/mol. The second-order valence-electron chi connectivity index (χ2n) is 4.06. The molecule has 0 unspecified atom stereocenters. The molecule has 1 aromatic carbocycles. The lowest BCUT2D eigenvalue weighted by molar-refractivity contribution is -0.385. The van der Waals surface area contributed by atoms with E-state index in [2.05, 4.69) is 4.98 Å². The van der Waals surface area contributed by atoms with Gasteiger partial charge in [0.05, 0.1) is 15.5 Å². The predicted molar refractivity (Wildman–Crippen MR) is 67.4 cm³/mol. The van der Waals surface area contributed by atoms with Crippen LogP contribution >= 0.6 is 0 Å². The van der Waals surface area contributed by atoms with Gasteiger partial charge in [-0.25, -0.2) is 17.4 Å². The zero-order chi connectivity index (χ0) is 14.2. The van der Waals surface area contributed by atoms with E-state index in [9.17, 15) is 18.5 Å². The molecule has 0 bridgehead atoms. The standard InChI is InChI=1S/C11H11N3O4S/c1-8-3-4-10(14(15)16)5-11(8)19(17,18)13-6-9(2)12-7-13/h3-7H,1-2H3. The smallest absolute Gasteiger partial charge is 0.258 e. The Bertz CT molecular complexity index is 749. The van der Waals surface area contributed by atoms with E-state index in [1.807, 2.05) is 0 Å². The highest BCUT2D eigenvalue weighted by molar-refractivity contribution is 7.90. The van der Waals surface area contributed by atoms with Gasteiger partial charge in [-0.1, -0.05) is 6.07 Å². The number of rotatable bonds is 3. The quantitative estimate of drug-likeness (QED) is 0.629. The molecule has 0 spiro atoms. The summed E-state index contributed by atoms with van der Waals surface area (Å²) in [7, 11) is -3.86. The number of nitro groups is 1. The minimum Gasteiger partial charge on any atom is -0.258 e. The van der Waals surface area contributed by atoms with Gasteiger partial charge in [0.2, 0.25) is 0 Å². The van der Waals surface area contributed by atoms with Crippen LogP contribution in [0.3, 0.4) is 0 Å². The average molecular weight is 281 g/mol. The lowest BCUT2D eigenvalue weighted by Gasteiger charge is -2.07. The molecule has 0 saturated heterocycles. The molecule has 0 saturated carbocycles. The van der Waals surface area contributed by atoms with Crippen molar-refractivity contribution in [3.8, 4) is 0 Å². The van der Waals surface area contributed by atoms with Crippen molar-refractivity contribution in [1.29, 1.82) is 0 Å². The minimum absolute atomic E-state index is 0.0981. The summed E-state index contributed by atoms with van der Waals surface area (Å²) >= 11 is 0. The van der Waals surface area contributed by atoms with Crippen LogP contribution in [-0.2, 0) is 10.0 Å². The molecule has 0 N–H and O–H groups in total. The Morgan fingerprint density at radius 3 is 2.53 bits per heavy atom. The fraction of sp³-hybridized carbons (Fsp3) is 0.182. The summed E-state index contributed by atoms with van der Waals surface area (Å²) < 4.78 is 25.6. The van der Waals surface area contributed by atoms with Crippen molar-refractivity contribution < 1.29 is 13.3 Å². The van der Waals surface area contributed by atoms with E-state index in [0.717, 1.165) is 10.0 Å². The van der Waals surface area contributed by atoms with Gasteiger partial charge in [0, 0.05) is 18.3 Å². The summed E-state index contributed by atoms with van der Waals surface area (Å²) in [6, 6.07) is 3.74. The van der Waals surface area contributed by atoms with Crippen LogP contribution in [0.2, 0.25) is 0 Å². The largest absolute Gasteiger partial charge is 0.270 e. The zero-order valence-corrected chi connectivity index (χ0v) is 11.1. The summed E-state index contributed by atoms with van der Waals surface area (Å²) in [4.78, 5) is 13.8. The van der Waals surface area contributed by atoms with Crippen molar-refractivity contribution in [2.24, 2.45) is 0 Å². The third-order valence-electron chi connectivity index (χ3n) is 2.63. The first kappa shape index (κ1) is 13.2. The van der Waals surface area contributed by atoms with Crippen molar-refractivity contribution in [3.63, 3.8) is 0 Å². The maximum Gasteiger partial charge on any atom is 0.270 e. The number of aromatic nitrogens is 2. The van der Waals surface area contributed by atoms with Gasteiger partial charge in [-0.15, -0.1) is 0 Å². The van der Waals surface area contributed by atoms with E-state index >= 15 is 0 Å². The minimum atomic E-state index is -3.86. The topological polar surface area (TPSA) is 95.1 Å². The van der Waals surface area contributed by atoms with Crippen molar-refractivity contribution >= 4 is 15.7 Å². The third kappa shape index (κ3) is 2.34. The summed E-state index contributed by atoms with van der Waals surface area (Å²) in [6.45, 7) is 3.24. The Morgan fingerprint density at radius 2 is 2.00 bits per heavy atom. The van der Waals surface area contributed by atoms with Crippen molar-refractivity contribution in [3.05, 3.63) is 52.1 Å². The van der Waals surface area contributed by atoms with Crippen molar-refractivity contribution in [2.45, 2.75) is 18.7 Å². The Hall–Kier alpha value is -2.22. The highest BCUT2D eigenvalue weighted by Crippen LogP contribution is 2.23. The Labute approximate surface area is 109 Å². The molecule has 0 radical (unpaired) electrons. The highest BCUT2D eigenvalue weighted by atomic mass is 32.2. The first-order chi connectivity index (χ1) is 8.82. The third-order valence-corrected chi connectivity index (χ3v) is 4.38. The molecule has 7 nitrogen and oxygen atoms in total. The summed E-state index contributed by atoms with van der Waals surface area (Å²) in [5, 5.41) is 10.7. The fourth-order valence-corrected chi connectivity index (χ4v) is 3.06. The second-order valence-corrected chi connectivity index (χ2v) is 5.87. The molecule has 0 amide bonds. The van der Waals surface area contributed by atoms with Gasteiger partial charge in [-0.2, -0.15) is 0 Å². The molecule has 0 aliphatic heterocycles. The number of nitro benzene ring substituents is 1. The molecule has 0 atom stereocenters. The van der Waals surface area contributed by atoms with E-state index in [0.29, 0.717) is 11.3 Å². The molecular weight excluding hydrogens is 270 g/mol. The molecular formula is C11H11N3O4S. The number of benzene rings is 1. The lowest BCUT2D eigenvalue weighted by atomic mass is 10.2. The first-order valence-electron chi connectivity index (χ1n) is 5.33. The Balaban J connectivity index is 2.64. The van der Waals surface area contributed by atoms with Gasteiger partial charge >= 0.3 is 0 Å². The fourth-order valence-electron chi connectivity index (χ4n) is 1.62. The molecule has 0 fully saturated rings. The maximum atomic E-state index is 12.3. The summed E-state index contributed by atoms with van der Waals surface area (Å²) in [5.74, 6) is 0. The van der Waals surface area contributed by atoms with Crippen LogP contribution in [0.1, 0.15) is 11.3 Å². The number of hydrogen-bond acceptors (Lipinski definition) is 5. The van der Waals surface area contributed by atoms with Crippen LogP contribution in [-0.4, -0.2) is 22.3 Å². The highest BCUT2D eigenvalue weighted by Gasteiger charge is 2.22. The number of non-ortho nitro benzene ring substituents is 1. The van der Waals surface area contributed by atoms with E-state index < -0.39 is 14.9 Å². The SMILES string of the molecule is Cc1cn(S(=O)(=O)c2cc([N+](=O)[O-])ccc2C)cn1. The number of imidazole rings is 1. The normalized spacial score (nSPS) is 11.5. The molecule has 1 heterocycles. The van der Waals surface area contributed by atoms with E-state index in [1.54, 1.807) is 13.8 Å². The molecule has 8 heteroatoms. The molecule has 100 valence electrons. The van der Waals surface area contributed by atoms with Crippen molar-refractivity contribution in [1.82, 2.24) is 8.96 Å². The number of hydrogen-bond donors (Lipinski definition) is 0. The lowest BCUT2D eigenvalue weighted by Crippen LogP contribution is -2.12. The molecule has 2 rings (SSSR count). The van der Waals surface area contributed by atoms with Crippen LogP contribution < -0.4 is 0 Å².